The molecule has 9 nitrogen and oxygen atoms in total. The number of carbonyl (C=O) groups excluding carboxylic acids is 2. The Morgan fingerprint density at radius 3 is 2.34 bits per heavy atom. The number of nitrogens with two attached hydrogens (primary N) is 1. The van der Waals surface area contributed by atoms with Crippen molar-refractivity contribution in [3.8, 4) is 11.5 Å². The Hall–Kier alpha value is -4.50. The van der Waals surface area contributed by atoms with Crippen molar-refractivity contribution in [1.82, 2.24) is 0 Å². The van der Waals surface area contributed by atoms with Gasteiger partial charge in [-0.25, -0.2) is 4.79 Å². The van der Waals surface area contributed by atoms with Gasteiger partial charge in [0.1, 0.15) is 6.10 Å². The van der Waals surface area contributed by atoms with Gasteiger partial charge in [0.25, 0.3) is 0 Å². The number of phenolic OH excluding ortho intramolecular Hbond substituents is 1. The van der Waals surface area contributed by atoms with Crippen LogP contribution >= 0.6 is 0 Å². The van der Waals surface area contributed by atoms with Crippen molar-refractivity contribution in [1.29, 1.82) is 0 Å². The molecule has 35 heavy (non-hydrogen) atoms. The molecule has 0 aromatic heterocycles. The number of amides is 2. The number of methoxy groups -OCH3 is 2. The van der Waals surface area contributed by atoms with E-state index < -0.39 is 24.2 Å². The molecule has 0 aliphatic rings. The van der Waals surface area contributed by atoms with E-state index in [1.807, 2.05) is 6.07 Å². The van der Waals surface area contributed by atoms with E-state index in [4.69, 9.17) is 19.9 Å². The molecule has 0 saturated heterocycles. The average molecular weight is 478 g/mol. The highest BCUT2D eigenvalue weighted by atomic mass is 16.6. The average Bonchev–Trinajstić information content (AvgIpc) is 2.85. The van der Waals surface area contributed by atoms with E-state index in [-0.39, 0.29) is 11.5 Å². The summed E-state index contributed by atoms with van der Waals surface area (Å²) in [5, 5.41) is 15.6. The van der Waals surface area contributed by atoms with Crippen LogP contribution in [0.2, 0.25) is 0 Å². The summed E-state index contributed by atoms with van der Waals surface area (Å²) in [4.78, 5) is 25.1. The molecule has 0 unspecified atom stereocenters. The first-order valence-electron chi connectivity index (χ1n) is 10.7. The van der Waals surface area contributed by atoms with Crippen LogP contribution in [0.1, 0.15) is 11.7 Å². The third-order valence-electron chi connectivity index (χ3n) is 5.01. The highest BCUT2D eigenvalue weighted by Gasteiger charge is 2.27. The van der Waals surface area contributed by atoms with E-state index in [0.717, 1.165) is 0 Å². The molecule has 0 aliphatic carbocycles. The summed E-state index contributed by atoms with van der Waals surface area (Å²) in [5.41, 5.74) is 7.72. The van der Waals surface area contributed by atoms with Gasteiger partial charge in [-0.1, -0.05) is 36.4 Å². The minimum Gasteiger partial charge on any atom is -0.504 e. The van der Waals surface area contributed by atoms with E-state index in [2.05, 4.69) is 10.6 Å². The molecule has 0 saturated carbocycles. The fourth-order valence-corrected chi connectivity index (χ4v) is 3.26. The zero-order valence-corrected chi connectivity index (χ0v) is 19.3. The van der Waals surface area contributed by atoms with Gasteiger partial charge in [0.2, 0.25) is 5.91 Å². The van der Waals surface area contributed by atoms with Gasteiger partial charge in [-0.3, -0.25) is 10.1 Å². The monoisotopic (exact) mass is 477 g/mol. The summed E-state index contributed by atoms with van der Waals surface area (Å²) < 4.78 is 16.3. The Kier molecular flexibility index (Phi) is 8.69. The lowest BCUT2D eigenvalue weighted by Crippen LogP contribution is -2.27. The molecule has 0 radical (unpaired) electrons. The van der Waals surface area contributed by atoms with Crippen molar-refractivity contribution in [2.24, 2.45) is 0 Å². The number of benzene rings is 3. The molecular formula is C26H27N3O6. The lowest BCUT2D eigenvalue weighted by Gasteiger charge is -2.25. The van der Waals surface area contributed by atoms with Gasteiger partial charge in [-0.05, 0) is 48.0 Å². The Balaban J connectivity index is 1.83. The second-order valence-corrected chi connectivity index (χ2v) is 7.38. The molecule has 3 rings (SSSR count). The number of ether oxygens (including phenoxy) is 3. The zero-order chi connectivity index (χ0) is 25.2. The van der Waals surface area contributed by atoms with Gasteiger partial charge < -0.3 is 30.4 Å². The first-order valence-corrected chi connectivity index (χ1v) is 10.7. The molecular weight excluding hydrogens is 450 g/mol. The topological polar surface area (TPSA) is 132 Å². The molecule has 3 aromatic rings. The molecule has 0 aliphatic heterocycles. The number of nitrogens with one attached hydrogen (secondary N) is 2. The summed E-state index contributed by atoms with van der Waals surface area (Å²) in [6.45, 7) is 0. The van der Waals surface area contributed by atoms with Crippen LogP contribution < -0.4 is 21.1 Å². The number of anilines is 3. The number of phenols is 1. The van der Waals surface area contributed by atoms with Crippen LogP contribution in [0.5, 0.6) is 11.5 Å². The Labute approximate surface area is 203 Å². The molecule has 0 bridgehead atoms. The van der Waals surface area contributed by atoms with Crippen LogP contribution in [-0.2, 0) is 14.3 Å². The van der Waals surface area contributed by atoms with Gasteiger partial charge in [-0.2, -0.15) is 0 Å². The molecule has 0 heterocycles. The van der Waals surface area contributed by atoms with Gasteiger partial charge in [-0.15, -0.1) is 0 Å². The molecule has 3 aromatic carbocycles. The summed E-state index contributed by atoms with van der Waals surface area (Å²) in [6.07, 6.45) is 0.0917. The SMILES string of the molecule is COc1ccc([C@H](OC(=O)Nc2ccccc2)[C@H](/C=C/C(=O)Nc2ccccc2N)OC)cc1O. The Morgan fingerprint density at radius 1 is 0.971 bits per heavy atom. The summed E-state index contributed by atoms with van der Waals surface area (Å²) in [6, 6.07) is 20.2. The van der Waals surface area contributed by atoms with Gasteiger partial charge in [0.15, 0.2) is 17.6 Å². The quantitative estimate of drug-likeness (QED) is 0.264. The van der Waals surface area contributed by atoms with Crippen molar-refractivity contribution >= 4 is 29.1 Å². The second-order valence-electron chi connectivity index (χ2n) is 7.38. The number of hydrogen-bond donors (Lipinski definition) is 4. The smallest absolute Gasteiger partial charge is 0.412 e. The van der Waals surface area contributed by atoms with E-state index in [1.165, 1.54) is 38.5 Å². The van der Waals surface area contributed by atoms with Crippen molar-refractivity contribution in [2.45, 2.75) is 12.2 Å². The third-order valence-corrected chi connectivity index (χ3v) is 5.01. The van der Waals surface area contributed by atoms with Crippen LogP contribution in [0.15, 0.2) is 84.9 Å². The summed E-state index contributed by atoms with van der Waals surface area (Å²) in [5.74, 6) is -0.334. The molecule has 182 valence electrons. The highest BCUT2D eigenvalue weighted by molar-refractivity contribution is 6.01. The Bertz CT molecular complexity index is 1180. The zero-order valence-electron chi connectivity index (χ0n) is 19.3. The second kappa shape index (κ2) is 12.1. The van der Waals surface area contributed by atoms with Crippen molar-refractivity contribution < 1.29 is 28.9 Å². The molecule has 2 amide bonds. The molecule has 9 heteroatoms. The van der Waals surface area contributed by atoms with E-state index >= 15 is 0 Å². The first-order chi connectivity index (χ1) is 16.9. The molecule has 5 N–H and O–H groups in total. The maximum absolute atomic E-state index is 12.6. The van der Waals surface area contributed by atoms with E-state index in [0.29, 0.717) is 22.6 Å². The minimum absolute atomic E-state index is 0.141. The van der Waals surface area contributed by atoms with E-state index in [9.17, 15) is 14.7 Å². The Morgan fingerprint density at radius 2 is 1.69 bits per heavy atom. The normalized spacial score (nSPS) is 12.5. The van der Waals surface area contributed by atoms with Crippen LogP contribution in [0.25, 0.3) is 0 Å². The lowest BCUT2D eigenvalue weighted by molar-refractivity contribution is -0.112. The predicted octanol–water partition coefficient (Wildman–Crippen LogP) is 4.48. The molecule has 0 spiro atoms. The largest absolute Gasteiger partial charge is 0.504 e. The number of rotatable bonds is 9. The number of para-hydroxylation sites is 3. The fourth-order valence-electron chi connectivity index (χ4n) is 3.26. The number of carbonyl (C=O) groups is 2. The molecule has 0 fully saturated rings. The molecule has 2 atom stereocenters. The maximum atomic E-state index is 12.6. The number of nitrogen functional groups attached to an aromatic ring is 1. The van der Waals surface area contributed by atoms with Crippen LogP contribution in [-0.4, -0.2) is 37.4 Å². The predicted molar refractivity (Wildman–Crippen MR) is 133 cm³/mol. The first kappa shape index (κ1) is 25.1. The van der Waals surface area contributed by atoms with Gasteiger partial charge >= 0.3 is 6.09 Å². The number of aromatic hydroxyl groups is 1. The number of hydrogen-bond acceptors (Lipinski definition) is 7. The highest BCUT2D eigenvalue weighted by Crippen LogP contribution is 2.33. The van der Waals surface area contributed by atoms with Crippen LogP contribution in [0.4, 0.5) is 21.9 Å². The maximum Gasteiger partial charge on any atom is 0.412 e. The van der Waals surface area contributed by atoms with Gasteiger partial charge in [0, 0.05) is 18.9 Å². The van der Waals surface area contributed by atoms with Crippen LogP contribution in [0.3, 0.4) is 0 Å². The van der Waals surface area contributed by atoms with Crippen molar-refractivity contribution in [2.75, 3.05) is 30.6 Å². The van der Waals surface area contributed by atoms with E-state index in [1.54, 1.807) is 54.6 Å². The lowest BCUT2D eigenvalue weighted by atomic mass is 10.0. The third kappa shape index (κ3) is 6.99. The fraction of sp³-hybridized carbons (Fsp3) is 0.154. The van der Waals surface area contributed by atoms with Crippen molar-refractivity contribution in [3.05, 3.63) is 90.5 Å². The standard InChI is InChI=1S/C26H27N3O6/c1-33-22-13-12-17(16-21(22)30)25(35-26(32)28-18-8-4-3-5-9-18)23(34-2)14-15-24(31)29-20-11-7-6-10-19(20)27/h3-16,23,25,30H,27H2,1-2H3,(H,28,32)(H,29,31)/b15-14+/t23-,25-/m0/s1. The van der Waals surface area contributed by atoms with Gasteiger partial charge in [0.05, 0.1) is 18.5 Å². The summed E-state index contributed by atoms with van der Waals surface area (Å²) in [7, 11) is 2.84. The minimum atomic E-state index is -1.01. The van der Waals surface area contributed by atoms with Crippen molar-refractivity contribution in [3.63, 3.8) is 0 Å². The van der Waals surface area contributed by atoms with Crippen LogP contribution in [0, 0.1) is 0 Å². The summed E-state index contributed by atoms with van der Waals surface area (Å²) >= 11 is 0.